The van der Waals surface area contributed by atoms with Crippen LogP contribution in [0.25, 0.3) is 0 Å². The third-order valence-electron chi connectivity index (χ3n) is 3.11. The summed E-state index contributed by atoms with van der Waals surface area (Å²) in [5.41, 5.74) is 3.76. The van der Waals surface area contributed by atoms with E-state index in [0.717, 1.165) is 16.7 Å². The van der Waals surface area contributed by atoms with Crippen LogP contribution in [0.4, 0.5) is 0 Å². The molecule has 0 heterocycles. The Bertz CT molecular complexity index is 633. The van der Waals surface area contributed by atoms with Gasteiger partial charge >= 0.3 is 0 Å². The van der Waals surface area contributed by atoms with Crippen LogP contribution in [-0.2, 0) is 6.42 Å². The summed E-state index contributed by atoms with van der Waals surface area (Å²) < 4.78 is 0. The second-order valence-corrected chi connectivity index (χ2v) is 5.42. The molecule has 0 saturated heterocycles. The van der Waals surface area contributed by atoms with Crippen molar-refractivity contribution in [1.82, 2.24) is 0 Å². The second kappa shape index (κ2) is 5.77. The van der Waals surface area contributed by atoms with Crippen LogP contribution >= 0.6 is 23.2 Å². The lowest BCUT2D eigenvalue weighted by Gasteiger charge is -2.08. The van der Waals surface area contributed by atoms with Gasteiger partial charge in [-0.05, 0) is 37.1 Å². The zero-order valence-corrected chi connectivity index (χ0v) is 12.3. The fourth-order valence-electron chi connectivity index (χ4n) is 1.98. The van der Waals surface area contributed by atoms with E-state index in [9.17, 15) is 4.79 Å². The van der Waals surface area contributed by atoms with Gasteiger partial charge in [0, 0.05) is 12.0 Å². The number of aryl methyl sites for hydroxylation is 2. The van der Waals surface area contributed by atoms with Crippen molar-refractivity contribution in [3.05, 3.63) is 68.7 Å². The van der Waals surface area contributed by atoms with Crippen molar-refractivity contribution in [3.8, 4) is 0 Å². The van der Waals surface area contributed by atoms with E-state index in [4.69, 9.17) is 23.2 Å². The topological polar surface area (TPSA) is 17.1 Å². The normalized spacial score (nSPS) is 10.5. The molecule has 1 nitrogen and oxygen atoms in total. The molecule has 19 heavy (non-hydrogen) atoms. The summed E-state index contributed by atoms with van der Waals surface area (Å²) in [7, 11) is 0. The third kappa shape index (κ3) is 3.17. The molecule has 0 aliphatic carbocycles. The molecule has 0 saturated carbocycles. The molecule has 0 bridgehead atoms. The first-order chi connectivity index (χ1) is 8.99. The van der Waals surface area contributed by atoms with Gasteiger partial charge in [-0.15, -0.1) is 0 Å². The highest BCUT2D eigenvalue weighted by Gasteiger charge is 2.14. The van der Waals surface area contributed by atoms with Crippen molar-refractivity contribution < 1.29 is 4.79 Å². The van der Waals surface area contributed by atoms with Gasteiger partial charge in [-0.25, -0.2) is 0 Å². The molecule has 0 radical (unpaired) electrons. The molecule has 0 fully saturated rings. The Labute approximate surface area is 123 Å². The first kappa shape index (κ1) is 14.1. The second-order valence-electron chi connectivity index (χ2n) is 4.63. The van der Waals surface area contributed by atoms with E-state index >= 15 is 0 Å². The first-order valence-corrected chi connectivity index (χ1v) is 6.78. The minimum atomic E-state index is -0.0128. The summed E-state index contributed by atoms with van der Waals surface area (Å²) in [6.07, 6.45) is 0.341. The van der Waals surface area contributed by atoms with E-state index in [1.54, 1.807) is 18.2 Å². The number of benzene rings is 2. The summed E-state index contributed by atoms with van der Waals surface area (Å²) in [5, 5.41) is 0.743. The van der Waals surface area contributed by atoms with Gasteiger partial charge in [-0.3, -0.25) is 4.79 Å². The maximum Gasteiger partial charge on any atom is 0.168 e. The van der Waals surface area contributed by atoms with E-state index in [1.807, 2.05) is 32.0 Å². The minimum absolute atomic E-state index is 0.0128. The van der Waals surface area contributed by atoms with Gasteiger partial charge in [0.05, 0.1) is 10.0 Å². The van der Waals surface area contributed by atoms with Crippen LogP contribution in [0.15, 0.2) is 36.4 Å². The Morgan fingerprint density at radius 3 is 2.58 bits per heavy atom. The Kier molecular flexibility index (Phi) is 4.28. The van der Waals surface area contributed by atoms with E-state index in [2.05, 4.69) is 0 Å². The lowest BCUT2D eigenvalue weighted by molar-refractivity contribution is 0.0993. The van der Waals surface area contributed by atoms with Crippen LogP contribution < -0.4 is 0 Å². The van der Waals surface area contributed by atoms with E-state index in [1.165, 1.54) is 0 Å². The Hall–Kier alpha value is -1.31. The smallest absolute Gasteiger partial charge is 0.168 e. The number of hydrogen-bond acceptors (Lipinski definition) is 1. The van der Waals surface area contributed by atoms with E-state index in [-0.39, 0.29) is 5.78 Å². The van der Waals surface area contributed by atoms with Crippen LogP contribution in [0.5, 0.6) is 0 Å². The SMILES string of the molecule is Cc1ccc(C)c(CC(=O)c2cccc(Cl)c2Cl)c1. The predicted octanol–water partition coefficient (Wildman–Crippen LogP) is 5.04. The van der Waals surface area contributed by atoms with Crippen LogP contribution in [-0.4, -0.2) is 5.78 Å². The molecular weight excluding hydrogens is 279 g/mol. The van der Waals surface area contributed by atoms with Crippen LogP contribution in [0.3, 0.4) is 0 Å². The molecule has 0 unspecified atom stereocenters. The molecule has 0 aliphatic rings. The molecule has 3 heteroatoms. The summed E-state index contributed by atoms with van der Waals surface area (Å²) in [4.78, 5) is 12.3. The van der Waals surface area contributed by atoms with Crippen molar-refractivity contribution in [3.63, 3.8) is 0 Å². The highest BCUT2D eigenvalue weighted by atomic mass is 35.5. The Morgan fingerprint density at radius 2 is 1.84 bits per heavy atom. The molecular formula is C16H14Cl2O. The Balaban J connectivity index is 2.31. The fourth-order valence-corrected chi connectivity index (χ4v) is 2.38. The highest BCUT2D eigenvalue weighted by molar-refractivity contribution is 6.43. The highest BCUT2D eigenvalue weighted by Crippen LogP contribution is 2.27. The van der Waals surface area contributed by atoms with Gasteiger partial charge < -0.3 is 0 Å². The van der Waals surface area contributed by atoms with Crippen LogP contribution in [0.2, 0.25) is 10.0 Å². The van der Waals surface area contributed by atoms with Crippen molar-refractivity contribution in [2.45, 2.75) is 20.3 Å². The molecule has 0 atom stereocenters. The average molecular weight is 293 g/mol. The molecule has 2 rings (SSSR count). The molecule has 0 aliphatic heterocycles. The van der Waals surface area contributed by atoms with Crippen molar-refractivity contribution in [2.24, 2.45) is 0 Å². The van der Waals surface area contributed by atoms with E-state index < -0.39 is 0 Å². The van der Waals surface area contributed by atoms with Gasteiger partial charge in [0.2, 0.25) is 0 Å². The minimum Gasteiger partial charge on any atom is -0.294 e. The number of carbonyl (C=O) groups excluding carboxylic acids is 1. The molecule has 0 spiro atoms. The summed E-state index contributed by atoms with van der Waals surface area (Å²) in [5.74, 6) is -0.0128. The molecule has 0 amide bonds. The predicted molar refractivity (Wildman–Crippen MR) is 80.4 cm³/mol. The number of Topliss-reactive ketones (excluding diaryl/α,β-unsaturated/α-hetero) is 1. The maximum absolute atomic E-state index is 12.3. The number of halogens is 2. The summed E-state index contributed by atoms with van der Waals surface area (Å²) >= 11 is 12.0. The number of hydrogen-bond donors (Lipinski definition) is 0. The largest absolute Gasteiger partial charge is 0.294 e. The summed E-state index contributed by atoms with van der Waals surface area (Å²) in [6.45, 7) is 4.02. The average Bonchev–Trinajstić information content (AvgIpc) is 2.37. The molecule has 0 N–H and O–H groups in total. The van der Waals surface area contributed by atoms with Gasteiger partial charge in [-0.1, -0.05) is 53.0 Å². The van der Waals surface area contributed by atoms with Gasteiger partial charge in [0.15, 0.2) is 5.78 Å². The van der Waals surface area contributed by atoms with Gasteiger partial charge in [0.1, 0.15) is 0 Å². The lowest BCUT2D eigenvalue weighted by Crippen LogP contribution is -2.06. The first-order valence-electron chi connectivity index (χ1n) is 6.02. The number of ketones is 1. The third-order valence-corrected chi connectivity index (χ3v) is 3.93. The lowest BCUT2D eigenvalue weighted by atomic mass is 9.98. The van der Waals surface area contributed by atoms with Crippen LogP contribution in [0.1, 0.15) is 27.0 Å². The van der Waals surface area contributed by atoms with Gasteiger partial charge in [0.25, 0.3) is 0 Å². The zero-order valence-electron chi connectivity index (χ0n) is 10.8. The number of rotatable bonds is 3. The van der Waals surface area contributed by atoms with Crippen molar-refractivity contribution in [1.29, 1.82) is 0 Å². The fraction of sp³-hybridized carbons (Fsp3) is 0.188. The Morgan fingerprint density at radius 1 is 1.11 bits per heavy atom. The molecule has 0 aromatic heterocycles. The summed E-state index contributed by atoms with van der Waals surface area (Å²) in [6, 6.07) is 11.2. The number of carbonyl (C=O) groups is 1. The van der Waals surface area contributed by atoms with Crippen LogP contribution in [0, 0.1) is 13.8 Å². The molecule has 98 valence electrons. The maximum atomic E-state index is 12.3. The van der Waals surface area contributed by atoms with Crippen molar-refractivity contribution in [2.75, 3.05) is 0 Å². The molecule has 2 aromatic carbocycles. The van der Waals surface area contributed by atoms with E-state index in [0.29, 0.717) is 22.0 Å². The quantitative estimate of drug-likeness (QED) is 0.725. The van der Waals surface area contributed by atoms with Crippen molar-refractivity contribution >= 4 is 29.0 Å². The van der Waals surface area contributed by atoms with Gasteiger partial charge in [-0.2, -0.15) is 0 Å². The standard InChI is InChI=1S/C16H14Cl2O/c1-10-6-7-11(2)12(8-10)9-15(19)13-4-3-5-14(17)16(13)18/h3-8H,9H2,1-2H3. The zero-order chi connectivity index (χ0) is 14.0. The monoisotopic (exact) mass is 292 g/mol. The molecule has 2 aromatic rings.